The maximum atomic E-state index is 9.43. The fraction of sp³-hybridized carbons (Fsp3) is 0.500. The number of hydrogen-bond acceptors (Lipinski definition) is 4. The van der Waals surface area contributed by atoms with E-state index in [2.05, 4.69) is 79.2 Å². The molecule has 0 aromatic heterocycles. The molecule has 0 saturated carbocycles. The van der Waals surface area contributed by atoms with Crippen molar-refractivity contribution in [2.45, 2.75) is 44.7 Å². The first-order valence-electron chi connectivity index (χ1n) is 11.0. The molecule has 1 aliphatic heterocycles. The van der Waals surface area contributed by atoms with Gasteiger partial charge in [-0.25, -0.2) is 0 Å². The number of piperidine rings is 1. The van der Waals surface area contributed by atoms with E-state index in [0.29, 0.717) is 18.5 Å². The quantitative estimate of drug-likeness (QED) is 0.596. The third kappa shape index (κ3) is 5.03. The summed E-state index contributed by atoms with van der Waals surface area (Å²) in [6.45, 7) is 7.98. The molecule has 1 aliphatic rings. The molecule has 1 fully saturated rings. The van der Waals surface area contributed by atoms with Gasteiger partial charge in [-0.15, -0.1) is 0 Å². The van der Waals surface area contributed by atoms with E-state index >= 15 is 0 Å². The third-order valence-electron chi connectivity index (χ3n) is 7.00. The SMILES string of the molecule is COc1ccc(CN(CC#N)CC[C@]2(c3ccccc3)C[C@@H](C)N(C)C[C@@H]2C)cc1. The summed E-state index contributed by atoms with van der Waals surface area (Å²) in [6, 6.07) is 22.1. The highest BCUT2D eigenvalue weighted by molar-refractivity contribution is 5.29. The van der Waals surface area contributed by atoms with Crippen LogP contribution in [0.1, 0.15) is 37.8 Å². The summed E-state index contributed by atoms with van der Waals surface area (Å²) in [6.07, 6.45) is 2.21. The molecule has 0 bridgehead atoms. The van der Waals surface area contributed by atoms with E-state index < -0.39 is 0 Å². The Morgan fingerprint density at radius 1 is 1.13 bits per heavy atom. The molecule has 0 N–H and O–H groups in total. The first-order valence-corrected chi connectivity index (χ1v) is 11.0. The second-order valence-electron chi connectivity index (χ2n) is 8.88. The highest BCUT2D eigenvalue weighted by atomic mass is 16.5. The molecule has 2 aromatic rings. The average molecular weight is 406 g/mol. The predicted octanol–water partition coefficient (Wildman–Crippen LogP) is 4.71. The molecule has 1 heterocycles. The van der Waals surface area contributed by atoms with Crippen LogP contribution in [0.4, 0.5) is 0 Å². The van der Waals surface area contributed by atoms with Gasteiger partial charge in [0.2, 0.25) is 0 Å². The van der Waals surface area contributed by atoms with E-state index in [1.54, 1.807) is 7.11 Å². The molecular weight excluding hydrogens is 370 g/mol. The number of hydrogen-bond donors (Lipinski definition) is 0. The van der Waals surface area contributed by atoms with E-state index in [4.69, 9.17) is 4.74 Å². The topological polar surface area (TPSA) is 39.5 Å². The van der Waals surface area contributed by atoms with E-state index in [-0.39, 0.29) is 5.41 Å². The van der Waals surface area contributed by atoms with Gasteiger partial charge in [0.25, 0.3) is 0 Å². The molecule has 3 rings (SSSR count). The minimum atomic E-state index is 0.140. The first kappa shape index (κ1) is 22.3. The lowest BCUT2D eigenvalue weighted by Crippen LogP contribution is -2.52. The van der Waals surface area contributed by atoms with Gasteiger partial charge in [-0.3, -0.25) is 4.90 Å². The summed E-state index contributed by atoms with van der Waals surface area (Å²) in [4.78, 5) is 4.76. The largest absolute Gasteiger partial charge is 0.497 e. The molecule has 4 heteroatoms. The molecule has 30 heavy (non-hydrogen) atoms. The summed E-state index contributed by atoms with van der Waals surface area (Å²) >= 11 is 0. The van der Waals surface area contributed by atoms with E-state index in [0.717, 1.165) is 38.2 Å². The van der Waals surface area contributed by atoms with Crippen LogP contribution in [0.25, 0.3) is 0 Å². The zero-order valence-corrected chi connectivity index (χ0v) is 18.8. The number of nitrogens with zero attached hydrogens (tertiary/aromatic N) is 3. The maximum Gasteiger partial charge on any atom is 0.118 e. The van der Waals surface area contributed by atoms with Gasteiger partial charge < -0.3 is 9.64 Å². The highest BCUT2D eigenvalue weighted by Gasteiger charge is 2.43. The second kappa shape index (κ2) is 10.1. The Balaban J connectivity index is 1.79. The Labute approximate surface area is 182 Å². The van der Waals surface area contributed by atoms with Crippen molar-refractivity contribution in [3.63, 3.8) is 0 Å². The summed E-state index contributed by atoms with van der Waals surface area (Å²) < 4.78 is 5.27. The van der Waals surface area contributed by atoms with Crippen LogP contribution in [0.5, 0.6) is 5.75 Å². The molecule has 2 aromatic carbocycles. The number of likely N-dealkylation sites (tertiary alicyclic amines) is 1. The molecule has 4 nitrogen and oxygen atoms in total. The van der Waals surface area contributed by atoms with Crippen LogP contribution in [-0.2, 0) is 12.0 Å². The zero-order valence-electron chi connectivity index (χ0n) is 18.8. The van der Waals surface area contributed by atoms with Crippen LogP contribution >= 0.6 is 0 Å². The zero-order chi connectivity index (χ0) is 21.6. The summed E-state index contributed by atoms with van der Waals surface area (Å²) in [5.41, 5.74) is 2.80. The molecule has 3 atom stereocenters. The van der Waals surface area contributed by atoms with Crippen molar-refractivity contribution in [2.75, 3.05) is 33.8 Å². The molecule has 1 saturated heterocycles. The van der Waals surface area contributed by atoms with Gasteiger partial charge in [-0.2, -0.15) is 5.26 Å². The monoisotopic (exact) mass is 405 g/mol. The smallest absolute Gasteiger partial charge is 0.118 e. The number of rotatable bonds is 8. The predicted molar refractivity (Wildman–Crippen MR) is 122 cm³/mol. The van der Waals surface area contributed by atoms with Crippen LogP contribution in [0.3, 0.4) is 0 Å². The molecule has 160 valence electrons. The Morgan fingerprint density at radius 3 is 2.47 bits per heavy atom. The van der Waals surface area contributed by atoms with Crippen LogP contribution in [0, 0.1) is 17.2 Å². The van der Waals surface area contributed by atoms with Gasteiger partial charge >= 0.3 is 0 Å². The maximum absolute atomic E-state index is 9.43. The van der Waals surface area contributed by atoms with Crippen molar-refractivity contribution >= 4 is 0 Å². The minimum Gasteiger partial charge on any atom is -0.497 e. The average Bonchev–Trinajstić information content (AvgIpc) is 2.76. The summed E-state index contributed by atoms with van der Waals surface area (Å²) in [5, 5.41) is 9.43. The van der Waals surface area contributed by atoms with Gasteiger partial charge in [0.15, 0.2) is 0 Å². The third-order valence-corrected chi connectivity index (χ3v) is 7.00. The van der Waals surface area contributed by atoms with Gasteiger partial charge in [0.1, 0.15) is 5.75 Å². The van der Waals surface area contributed by atoms with Crippen LogP contribution in [0.15, 0.2) is 54.6 Å². The van der Waals surface area contributed by atoms with Crippen LogP contribution in [-0.4, -0.2) is 49.6 Å². The van der Waals surface area contributed by atoms with Crippen molar-refractivity contribution in [1.29, 1.82) is 5.26 Å². The minimum absolute atomic E-state index is 0.140. The van der Waals surface area contributed by atoms with E-state index in [1.807, 2.05) is 12.1 Å². The number of nitriles is 1. The molecule has 0 unspecified atom stereocenters. The highest BCUT2D eigenvalue weighted by Crippen LogP contribution is 2.44. The lowest BCUT2D eigenvalue weighted by molar-refractivity contribution is 0.0612. The molecule has 0 amide bonds. The number of ether oxygens (including phenoxy) is 1. The molecule has 0 radical (unpaired) electrons. The lowest BCUT2D eigenvalue weighted by Gasteiger charge is -2.50. The normalized spacial score (nSPS) is 24.5. The Kier molecular flexibility index (Phi) is 7.53. The Hall–Kier alpha value is -2.35. The second-order valence-corrected chi connectivity index (χ2v) is 8.88. The summed E-state index contributed by atoms with van der Waals surface area (Å²) in [5.74, 6) is 1.42. The van der Waals surface area contributed by atoms with Crippen molar-refractivity contribution in [3.05, 3.63) is 65.7 Å². The Bertz CT molecular complexity index is 830. The van der Waals surface area contributed by atoms with Gasteiger partial charge in [-0.05, 0) is 56.0 Å². The fourth-order valence-corrected chi connectivity index (χ4v) is 5.00. The standard InChI is InChI=1S/C26H35N3O/c1-21-19-28(3)22(2)18-26(21,24-8-6-5-7-9-24)14-16-29(17-15-27)20-23-10-12-25(30-4)13-11-23/h5-13,21-22H,14,16-20H2,1-4H3/t21-,22+,26-/m0/s1. The van der Waals surface area contributed by atoms with Crippen molar-refractivity contribution in [2.24, 2.45) is 5.92 Å². The molecule has 0 spiro atoms. The van der Waals surface area contributed by atoms with Gasteiger partial charge in [0, 0.05) is 31.1 Å². The van der Waals surface area contributed by atoms with Crippen LogP contribution in [0.2, 0.25) is 0 Å². The Morgan fingerprint density at radius 2 is 1.83 bits per heavy atom. The van der Waals surface area contributed by atoms with Gasteiger partial charge in [-0.1, -0.05) is 49.4 Å². The molecule has 0 aliphatic carbocycles. The lowest BCUT2D eigenvalue weighted by atomic mass is 9.63. The first-order chi connectivity index (χ1) is 14.5. The van der Waals surface area contributed by atoms with Crippen molar-refractivity contribution in [1.82, 2.24) is 9.80 Å². The number of benzene rings is 2. The number of methoxy groups -OCH3 is 1. The van der Waals surface area contributed by atoms with Crippen LogP contribution < -0.4 is 4.74 Å². The fourth-order valence-electron chi connectivity index (χ4n) is 5.00. The van der Waals surface area contributed by atoms with E-state index in [1.165, 1.54) is 11.1 Å². The van der Waals surface area contributed by atoms with E-state index in [9.17, 15) is 5.26 Å². The molecular formula is C26H35N3O. The van der Waals surface area contributed by atoms with Gasteiger partial charge in [0.05, 0.1) is 19.7 Å². The van der Waals surface area contributed by atoms with Crippen molar-refractivity contribution in [3.8, 4) is 11.8 Å². The van der Waals surface area contributed by atoms with Crippen molar-refractivity contribution < 1.29 is 4.74 Å². The summed E-state index contributed by atoms with van der Waals surface area (Å²) in [7, 11) is 3.92.